The van der Waals surface area contributed by atoms with Crippen molar-refractivity contribution >= 4 is 11.6 Å². The monoisotopic (exact) mass is 444 g/mol. The molecule has 32 heavy (non-hydrogen) atoms. The molecule has 162 valence electrons. The number of hydrogen-bond acceptors (Lipinski definition) is 4. The summed E-state index contributed by atoms with van der Waals surface area (Å²) in [6.07, 6.45) is 4.07. The van der Waals surface area contributed by atoms with Crippen LogP contribution in [0, 0.1) is 6.92 Å². The molecule has 1 saturated heterocycles. The molecule has 1 aliphatic heterocycles. The number of hydroxylamine groups is 2. The fraction of sp³-hybridized carbons (Fsp3) is 0.231. The van der Waals surface area contributed by atoms with Crippen molar-refractivity contribution in [3.05, 3.63) is 119 Å². The van der Waals surface area contributed by atoms with Crippen LogP contribution in [-0.2, 0) is 23.5 Å². The lowest BCUT2D eigenvalue weighted by Gasteiger charge is -2.37. The second kappa shape index (κ2) is 8.87. The molecule has 5 nitrogen and oxygen atoms in total. The fourth-order valence-electron chi connectivity index (χ4n) is 4.48. The molecule has 0 radical (unpaired) electrons. The van der Waals surface area contributed by atoms with Crippen molar-refractivity contribution in [2.75, 3.05) is 0 Å². The first-order valence-electron chi connectivity index (χ1n) is 10.8. The summed E-state index contributed by atoms with van der Waals surface area (Å²) in [4.78, 5) is 10.8. The standard InChI is InChI=1S/C26H25ClN4O/c1-20-10-12-23(13-11-20)26(17-30-19-28-18-29-30)15-25(22-7-3-2-4-8-22)32-31(26)16-21-6-5-9-24(27)14-21/h2-14,18-19,25H,15-17H2,1H3. The van der Waals surface area contributed by atoms with E-state index in [1.165, 1.54) is 11.1 Å². The molecule has 0 bridgehead atoms. The van der Waals surface area contributed by atoms with Crippen molar-refractivity contribution in [3.8, 4) is 0 Å². The number of rotatable bonds is 6. The topological polar surface area (TPSA) is 43.2 Å². The first kappa shape index (κ1) is 20.9. The van der Waals surface area contributed by atoms with Crippen LogP contribution in [-0.4, -0.2) is 19.8 Å². The van der Waals surface area contributed by atoms with Crippen LogP contribution >= 0.6 is 11.6 Å². The van der Waals surface area contributed by atoms with Gasteiger partial charge in [0.15, 0.2) is 0 Å². The predicted octanol–water partition coefficient (Wildman–Crippen LogP) is 5.71. The molecule has 5 rings (SSSR count). The minimum absolute atomic E-state index is 0.0693. The second-order valence-electron chi connectivity index (χ2n) is 8.37. The normalized spacial score (nSPS) is 21.1. The van der Waals surface area contributed by atoms with Crippen molar-refractivity contribution in [2.24, 2.45) is 0 Å². The first-order chi connectivity index (χ1) is 15.6. The number of benzene rings is 3. The summed E-state index contributed by atoms with van der Waals surface area (Å²) in [6, 6.07) is 27.1. The molecule has 3 aromatic carbocycles. The molecular weight excluding hydrogens is 420 g/mol. The average Bonchev–Trinajstić information content (AvgIpc) is 3.44. The Morgan fingerprint density at radius 1 is 1.03 bits per heavy atom. The summed E-state index contributed by atoms with van der Waals surface area (Å²) >= 11 is 6.29. The zero-order valence-corrected chi connectivity index (χ0v) is 18.7. The van der Waals surface area contributed by atoms with Crippen LogP contribution < -0.4 is 0 Å². The maximum Gasteiger partial charge on any atom is 0.137 e. The van der Waals surface area contributed by atoms with Crippen molar-refractivity contribution in [1.29, 1.82) is 0 Å². The summed E-state index contributed by atoms with van der Waals surface area (Å²) in [5.41, 5.74) is 4.26. The Labute approximate surface area is 193 Å². The Kier molecular flexibility index (Phi) is 5.79. The van der Waals surface area contributed by atoms with E-state index < -0.39 is 5.54 Å². The molecule has 1 aromatic heterocycles. The average molecular weight is 445 g/mol. The smallest absolute Gasteiger partial charge is 0.137 e. The fourth-order valence-corrected chi connectivity index (χ4v) is 4.69. The van der Waals surface area contributed by atoms with Gasteiger partial charge in [-0.15, -0.1) is 0 Å². The summed E-state index contributed by atoms with van der Waals surface area (Å²) in [6.45, 7) is 3.34. The molecule has 1 aliphatic rings. The molecule has 0 saturated carbocycles. The van der Waals surface area contributed by atoms with E-state index in [2.05, 4.69) is 76.7 Å². The molecule has 2 heterocycles. The van der Waals surface area contributed by atoms with E-state index in [0.29, 0.717) is 13.1 Å². The number of aryl methyl sites for hydroxylation is 1. The summed E-state index contributed by atoms with van der Waals surface area (Å²) < 4.78 is 1.89. The molecule has 2 unspecified atom stereocenters. The van der Waals surface area contributed by atoms with E-state index in [1.54, 1.807) is 12.7 Å². The van der Waals surface area contributed by atoms with Crippen LogP contribution in [0.1, 0.15) is 34.8 Å². The lowest BCUT2D eigenvalue weighted by molar-refractivity contribution is -0.203. The molecule has 2 atom stereocenters. The zero-order valence-electron chi connectivity index (χ0n) is 17.9. The summed E-state index contributed by atoms with van der Waals surface area (Å²) in [7, 11) is 0. The molecule has 1 fully saturated rings. The van der Waals surface area contributed by atoms with Gasteiger partial charge >= 0.3 is 0 Å². The van der Waals surface area contributed by atoms with E-state index in [4.69, 9.17) is 16.4 Å². The largest absolute Gasteiger partial charge is 0.290 e. The SMILES string of the molecule is Cc1ccc(C2(Cn3cncn3)CC(c3ccccc3)ON2Cc2cccc(Cl)c2)cc1. The van der Waals surface area contributed by atoms with Gasteiger partial charge in [-0.1, -0.05) is 83.9 Å². The Morgan fingerprint density at radius 2 is 1.84 bits per heavy atom. The van der Waals surface area contributed by atoms with Crippen LogP contribution in [0.15, 0.2) is 91.5 Å². The lowest BCUT2D eigenvalue weighted by Crippen LogP contribution is -2.43. The predicted molar refractivity (Wildman–Crippen MR) is 125 cm³/mol. The van der Waals surface area contributed by atoms with Gasteiger partial charge in [-0.3, -0.25) is 9.52 Å². The van der Waals surface area contributed by atoms with Crippen LogP contribution in [0.25, 0.3) is 0 Å². The van der Waals surface area contributed by atoms with Crippen molar-refractivity contribution in [3.63, 3.8) is 0 Å². The minimum atomic E-state index is -0.426. The number of nitrogens with zero attached hydrogens (tertiary/aromatic N) is 4. The zero-order chi connectivity index (χ0) is 22.0. The molecule has 0 spiro atoms. The summed E-state index contributed by atoms with van der Waals surface area (Å²) in [5, 5.41) is 7.26. The molecule has 0 amide bonds. The van der Waals surface area contributed by atoms with Gasteiger partial charge in [-0.2, -0.15) is 10.2 Å². The highest BCUT2D eigenvalue weighted by atomic mass is 35.5. The van der Waals surface area contributed by atoms with Gasteiger partial charge in [0.25, 0.3) is 0 Å². The van der Waals surface area contributed by atoms with Gasteiger partial charge < -0.3 is 0 Å². The van der Waals surface area contributed by atoms with E-state index in [-0.39, 0.29) is 6.10 Å². The number of aromatic nitrogens is 3. The molecular formula is C26H25ClN4O. The third-order valence-electron chi connectivity index (χ3n) is 6.12. The third kappa shape index (κ3) is 4.19. The molecule has 4 aromatic rings. The van der Waals surface area contributed by atoms with Crippen LogP contribution in [0.4, 0.5) is 0 Å². The van der Waals surface area contributed by atoms with Gasteiger partial charge in [-0.05, 0) is 35.7 Å². The maximum absolute atomic E-state index is 6.67. The van der Waals surface area contributed by atoms with Gasteiger partial charge in [0.05, 0.1) is 18.6 Å². The highest BCUT2D eigenvalue weighted by Crippen LogP contribution is 2.48. The van der Waals surface area contributed by atoms with E-state index in [1.807, 2.05) is 28.9 Å². The van der Waals surface area contributed by atoms with Crippen molar-refractivity contribution in [2.45, 2.75) is 38.1 Å². The highest BCUT2D eigenvalue weighted by molar-refractivity contribution is 6.30. The quantitative estimate of drug-likeness (QED) is 0.382. The van der Waals surface area contributed by atoms with E-state index in [0.717, 1.165) is 22.6 Å². The van der Waals surface area contributed by atoms with Crippen molar-refractivity contribution in [1.82, 2.24) is 19.8 Å². The Hall–Kier alpha value is -2.99. The maximum atomic E-state index is 6.67. The third-order valence-corrected chi connectivity index (χ3v) is 6.36. The second-order valence-corrected chi connectivity index (χ2v) is 8.80. The van der Waals surface area contributed by atoms with Crippen LogP contribution in [0.5, 0.6) is 0 Å². The van der Waals surface area contributed by atoms with Crippen molar-refractivity contribution < 1.29 is 4.84 Å². The van der Waals surface area contributed by atoms with Crippen LogP contribution in [0.2, 0.25) is 5.02 Å². The molecule has 0 aliphatic carbocycles. The van der Waals surface area contributed by atoms with Gasteiger partial charge in [0, 0.05) is 11.4 Å². The first-order valence-corrected chi connectivity index (χ1v) is 11.1. The van der Waals surface area contributed by atoms with Gasteiger partial charge in [0.2, 0.25) is 0 Å². The Morgan fingerprint density at radius 3 is 2.56 bits per heavy atom. The minimum Gasteiger partial charge on any atom is -0.290 e. The van der Waals surface area contributed by atoms with E-state index in [9.17, 15) is 0 Å². The highest BCUT2D eigenvalue weighted by Gasteiger charge is 2.49. The van der Waals surface area contributed by atoms with Gasteiger partial charge in [-0.25, -0.2) is 4.98 Å². The van der Waals surface area contributed by atoms with E-state index >= 15 is 0 Å². The number of halogens is 1. The van der Waals surface area contributed by atoms with Gasteiger partial charge in [0.1, 0.15) is 18.8 Å². The molecule has 0 N–H and O–H groups in total. The Balaban J connectivity index is 1.60. The Bertz CT molecular complexity index is 1160. The summed E-state index contributed by atoms with van der Waals surface area (Å²) in [5.74, 6) is 0. The van der Waals surface area contributed by atoms with Crippen LogP contribution in [0.3, 0.4) is 0 Å². The lowest BCUT2D eigenvalue weighted by atomic mass is 9.83. The molecule has 6 heteroatoms. The number of hydrogen-bond donors (Lipinski definition) is 0.